The maximum atomic E-state index is 11.9. The third-order valence-corrected chi connectivity index (χ3v) is 4.59. The van der Waals surface area contributed by atoms with Crippen molar-refractivity contribution in [3.05, 3.63) is 0 Å². The number of rotatable bonds is 8. The second-order valence-electron chi connectivity index (χ2n) is 6.87. The lowest BCUT2D eigenvalue weighted by molar-refractivity contribution is -0.137. The molecular weight excluding hydrogens is 268 g/mol. The van der Waals surface area contributed by atoms with Crippen molar-refractivity contribution in [1.29, 1.82) is 0 Å². The van der Waals surface area contributed by atoms with E-state index in [2.05, 4.69) is 31.4 Å². The van der Waals surface area contributed by atoms with E-state index in [1.165, 1.54) is 12.8 Å². The van der Waals surface area contributed by atoms with Crippen molar-refractivity contribution in [2.75, 3.05) is 6.54 Å². The van der Waals surface area contributed by atoms with E-state index in [9.17, 15) is 9.59 Å². The van der Waals surface area contributed by atoms with E-state index >= 15 is 0 Å². The number of nitrogens with one attached hydrogen (secondary N) is 2. The van der Waals surface area contributed by atoms with Crippen molar-refractivity contribution in [3.8, 4) is 0 Å². The summed E-state index contributed by atoms with van der Waals surface area (Å²) < 4.78 is 0. The van der Waals surface area contributed by atoms with Crippen LogP contribution in [0.15, 0.2) is 0 Å². The molecule has 5 nitrogen and oxygen atoms in total. The highest BCUT2D eigenvalue weighted by Gasteiger charge is 2.29. The molecule has 0 aromatic rings. The molecule has 5 heteroatoms. The summed E-state index contributed by atoms with van der Waals surface area (Å²) in [5, 5.41) is 14.7. The Balaban J connectivity index is 2.26. The average Bonchev–Trinajstić information content (AvgIpc) is 2.79. The fourth-order valence-corrected chi connectivity index (χ4v) is 3.09. The zero-order chi connectivity index (χ0) is 15.9. The predicted octanol–water partition coefficient (Wildman–Crippen LogP) is 3.15. The number of carboxylic acid groups (broad SMARTS) is 1. The Morgan fingerprint density at radius 3 is 2.33 bits per heavy atom. The first-order chi connectivity index (χ1) is 9.82. The maximum absolute atomic E-state index is 11.9. The van der Waals surface area contributed by atoms with Crippen LogP contribution in [0.2, 0.25) is 0 Å². The lowest BCUT2D eigenvalue weighted by atomic mass is 9.88. The van der Waals surface area contributed by atoms with Crippen molar-refractivity contribution >= 4 is 12.0 Å². The van der Waals surface area contributed by atoms with Gasteiger partial charge < -0.3 is 15.7 Å². The van der Waals surface area contributed by atoms with Crippen LogP contribution in [0, 0.1) is 11.8 Å². The van der Waals surface area contributed by atoms with Crippen molar-refractivity contribution in [2.24, 2.45) is 11.8 Å². The lowest BCUT2D eigenvalue weighted by Gasteiger charge is -2.26. The minimum absolute atomic E-state index is 0.0508. The molecule has 3 N–H and O–H groups in total. The monoisotopic (exact) mass is 298 g/mol. The normalized spacial score (nSPS) is 18.5. The molecule has 2 amide bonds. The second-order valence-corrected chi connectivity index (χ2v) is 6.87. The minimum atomic E-state index is -0.750. The fourth-order valence-electron chi connectivity index (χ4n) is 3.09. The quantitative estimate of drug-likeness (QED) is 0.644. The average molecular weight is 298 g/mol. The van der Waals surface area contributed by atoms with Crippen LogP contribution < -0.4 is 10.6 Å². The van der Waals surface area contributed by atoms with Crippen LogP contribution in [0.1, 0.15) is 65.7 Å². The van der Waals surface area contributed by atoms with Crippen LogP contribution in [0.25, 0.3) is 0 Å². The molecule has 1 unspecified atom stereocenters. The molecule has 0 bridgehead atoms. The van der Waals surface area contributed by atoms with Gasteiger partial charge in [-0.15, -0.1) is 0 Å². The number of hydrogen-bond donors (Lipinski definition) is 3. The molecule has 1 rings (SSSR count). The molecule has 1 saturated carbocycles. The van der Waals surface area contributed by atoms with Crippen LogP contribution in [0.5, 0.6) is 0 Å². The first-order valence-electron chi connectivity index (χ1n) is 8.10. The summed E-state index contributed by atoms with van der Waals surface area (Å²) in [5.74, 6) is 0.0190. The molecule has 0 spiro atoms. The topological polar surface area (TPSA) is 78.4 Å². The fraction of sp³-hybridized carbons (Fsp3) is 0.875. The molecular formula is C16H30N2O3. The van der Waals surface area contributed by atoms with Gasteiger partial charge in [-0.3, -0.25) is 4.79 Å². The number of aliphatic carboxylic acids is 1. The van der Waals surface area contributed by atoms with Gasteiger partial charge in [0.2, 0.25) is 0 Å². The molecule has 0 radical (unpaired) electrons. The van der Waals surface area contributed by atoms with Gasteiger partial charge in [-0.2, -0.15) is 0 Å². The number of carbonyl (C=O) groups is 2. The van der Waals surface area contributed by atoms with Gasteiger partial charge in [-0.05, 0) is 44.4 Å². The van der Waals surface area contributed by atoms with Crippen molar-refractivity contribution in [2.45, 2.75) is 71.3 Å². The number of carbonyl (C=O) groups excluding carboxylic acids is 1. The first kappa shape index (κ1) is 17.8. The Morgan fingerprint density at radius 2 is 1.81 bits per heavy atom. The molecule has 0 aliphatic heterocycles. The minimum Gasteiger partial charge on any atom is -0.481 e. The summed E-state index contributed by atoms with van der Waals surface area (Å²) in [6.07, 6.45) is 6.17. The standard InChI is InChI=1S/C16H30N2O3/c1-12(2)13(6-7-14(19)20)8-11-17-15(21)18-16(3)9-4-5-10-16/h12-13H,4-11H2,1-3H3,(H,19,20)(H2,17,18,21). The second kappa shape index (κ2) is 8.25. The zero-order valence-electron chi connectivity index (χ0n) is 13.6. The lowest BCUT2D eigenvalue weighted by Crippen LogP contribution is -2.48. The molecule has 0 aromatic carbocycles. The van der Waals surface area contributed by atoms with E-state index in [0.29, 0.717) is 24.8 Å². The van der Waals surface area contributed by atoms with E-state index in [4.69, 9.17) is 5.11 Å². The van der Waals surface area contributed by atoms with E-state index < -0.39 is 5.97 Å². The third kappa shape index (κ3) is 6.82. The Morgan fingerprint density at radius 1 is 1.19 bits per heavy atom. The summed E-state index contributed by atoms with van der Waals surface area (Å²) in [5.41, 5.74) is -0.0508. The summed E-state index contributed by atoms with van der Waals surface area (Å²) in [4.78, 5) is 22.6. The highest BCUT2D eigenvalue weighted by atomic mass is 16.4. The SMILES string of the molecule is CC(C)C(CCNC(=O)NC1(C)CCCC1)CCC(=O)O. The Kier molecular flexibility index (Phi) is 6.99. The van der Waals surface area contributed by atoms with Crippen molar-refractivity contribution in [1.82, 2.24) is 10.6 Å². The Hall–Kier alpha value is -1.26. The molecule has 1 fully saturated rings. The van der Waals surface area contributed by atoms with Crippen LogP contribution in [-0.4, -0.2) is 29.2 Å². The molecule has 0 aromatic heterocycles. The first-order valence-corrected chi connectivity index (χ1v) is 8.10. The Labute approximate surface area is 127 Å². The van der Waals surface area contributed by atoms with E-state index in [0.717, 1.165) is 19.3 Å². The molecule has 122 valence electrons. The van der Waals surface area contributed by atoms with Gasteiger partial charge in [0, 0.05) is 18.5 Å². The van der Waals surface area contributed by atoms with Crippen LogP contribution in [0.4, 0.5) is 4.79 Å². The predicted molar refractivity (Wildman–Crippen MR) is 83.2 cm³/mol. The van der Waals surface area contributed by atoms with Crippen molar-refractivity contribution < 1.29 is 14.7 Å². The maximum Gasteiger partial charge on any atom is 0.315 e. The van der Waals surface area contributed by atoms with Crippen LogP contribution in [0.3, 0.4) is 0 Å². The smallest absolute Gasteiger partial charge is 0.315 e. The number of carboxylic acids is 1. The molecule has 1 atom stereocenters. The summed E-state index contributed by atoms with van der Waals surface area (Å²) in [7, 11) is 0. The molecule has 0 heterocycles. The van der Waals surface area contributed by atoms with Gasteiger partial charge in [0.25, 0.3) is 0 Å². The Bertz CT molecular complexity index is 349. The molecule has 0 saturated heterocycles. The van der Waals surface area contributed by atoms with E-state index in [1.54, 1.807) is 0 Å². The number of hydrogen-bond acceptors (Lipinski definition) is 2. The van der Waals surface area contributed by atoms with Gasteiger partial charge in [-0.1, -0.05) is 26.7 Å². The third-order valence-electron chi connectivity index (χ3n) is 4.59. The highest BCUT2D eigenvalue weighted by Crippen LogP contribution is 2.28. The highest BCUT2D eigenvalue weighted by molar-refractivity contribution is 5.74. The van der Waals surface area contributed by atoms with Gasteiger partial charge in [0.1, 0.15) is 0 Å². The van der Waals surface area contributed by atoms with Gasteiger partial charge >= 0.3 is 12.0 Å². The van der Waals surface area contributed by atoms with Gasteiger partial charge in [0.15, 0.2) is 0 Å². The van der Waals surface area contributed by atoms with E-state index in [-0.39, 0.29) is 18.0 Å². The zero-order valence-corrected chi connectivity index (χ0v) is 13.6. The summed E-state index contributed by atoms with van der Waals surface area (Å²) in [6.45, 7) is 6.91. The van der Waals surface area contributed by atoms with Gasteiger partial charge in [-0.25, -0.2) is 4.79 Å². The molecule has 1 aliphatic carbocycles. The van der Waals surface area contributed by atoms with Crippen LogP contribution in [-0.2, 0) is 4.79 Å². The summed E-state index contributed by atoms with van der Waals surface area (Å²) >= 11 is 0. The number of amides is 2. The molecule has 1 aliphatic rings. The molecule has 21 heavy (non-hydrogen) atoms. The van der Waals surface area contributed by atoms with E-state index in [1.807, 2.05) is 0 Å². The number of urea groups is 1. The van der Waals surface area contributed by atoms with Gasteiger partial charge in [0.05, 0.1) is 0 Å². The van der Waals surface area contributed by atoms with Crippen molar-refractivity contribution in [3.63, 3.8) is 0 Å². The van der Waals surface area contributed by atoms with Crippen LogP contribution >= 0.6 is 0 Å². The summed E-state index contributed by atoms with van der Waals surface area (Å²) in [6, 6.07) is -0.0971. The largest absolute Gasteiger partial charge is 0.481 e.